The minimum atomic E-state index is -0.352. The predicted octanol–water partition coefficient (Wildman–Crippen LogP) is 0.711. The summed E-state index contributed by atoms with van der Waals surface area (Å²) >= 11 is 0. The van der Waals surface area contributed by atoms with Gasteiger partial charge in [0, 0.05) is 19.0 Å². The Hall–Kier alpha value is -0.810. The average Bonchev–Trinajstić information content (AvgIpc) is 2.83. The summed E-state index contributed by atoms with van der Waals surface area (Å²) in [5, 5.41) is 5.71. The van der Waals surface area contributed by atoms with E-state index < -0.39 is 0 Å². The molecule has 1 saturated carbocycles. The maximum Gasteiger partial charge on any atom is 0.242 e. The van der Waals surface area contributed by atoms with Crippen LogP contribution in [-0.4, -0.2) is 30.4 Å². The maximum atomic E-state index is 12.0. The molecule has 1 heterocycles. The summed E-state index contributed by atoms with van der Waals surface area (Å²) in [5.74, 6) is 0.406. The lowest BCUT2D eigenvalue weighted by Crippen LogP contribution is -2.51. The van der Waals surface area contributed by atoms with Gasteiger partial charge in [0.1, 0.15) is 6.04 Å². The second kappa shape index (κ2) is 7.70. The molecule has 0 spiro atoms. The van der Waals surface area contributed by atoms with Gasteiger partial charge in [-0.25, -0.2) is 0 Å². The Bertz CT molecular complexity index is 319. The van der Waals surface area contributed by atoms with Crippen molar-refractivity contribution in [2.45, 2.75) is 57.0 Å². The SMILES string of the molecule is Cl.NCC(NC(=O)[C@H]1CCC(=O)N1)C1CCCCC1. The summed E-state index contributed by atoms with van der Waals surface area (Å²) in [6.07, 6.45) is 7.12. The maximum absolute atomic E-state index is 12.0. The molecule has 19 heavy (non-hydrogen) atoms. The fourth-order valence-corrected chi connectivity index (χ4v) is 3.00. The first-order chi connectivity index (χ1) is 8.70. The number of amides is 2. The molecule has 2 fully saturated rings. The van der Waals surface area contributed by atoms with Crippen molar-refractivity contribution in [1.29, 1.82) is 0 Å². The van der Waals surface area contributed by atoms with Gasteiger partial charge in [0.15, 0.2) is 0 Å². The van der Waals surface area contributed by atoms with Gasteiger partial charge in [0.25, 0.3) is 0 Å². The molecule has 0 bridgehead atoms. The minimum Gasteiger partial charge on any atom is -0.350 e. The monoisotopic (exact) mass is 289 g/mol. The standard InChI is InChI=1S/C13H23N3O2.ClH/c14-8-11(9-4-2-1-3-5-9)16-13(18)10-6-7-12(17)15-10;/h9-11H,1-8,14H2,(H,15,17)(H,16,18);1H/t10-,11?;/m1./s1. The zero-order valence-corrected chi connectivity index (χ0v) is 12.0. The Morgan fingerprint density at radius 3 is 2.53 bits per heavy atom. The summed E-state index contributed by atoms with van der Waals surface area (Å²) in [4.78, 5) is 23.1. The highest BCUT2D eigenvalue weighted by atomic mass is 35.5. The number of nitrogens with two attached hydrogens (primary N) is 1. The van der Waals surface area contributed by atoms with Crippen molar-refractivity contribution >= 4 is 24.2 Å². The summed E-state index contributed by atoms with van der Waals surface area (Å²) in [6, 6.07) is -0.287. The first kappa shape index (κ1) is 16.2. The van der Waals surface area contributed by atoms with Crippen LogP contribution in [0.2, 0.25) is 0 Å². The second-order valence-electron chi connectivity index (χ2n) is 5.41. The Morgan fingerprint density at radius 2 is 2.00 bits per heavy atom. The largest absolute Gasteiger partial charge is 0.350 e. The van der Waals surface area contributed by atoms with Crippen molar-refractivity contribution in [2.24, 2.45) is 11.7 Å². The van der Waals surface area contributed by atoms with Crippen LogP contribution in [-0.2, 0) is 9.59 Å². The summed E-state index contributed by atoms with van der Waals surface area (Å²) in [6.45, 7) is 0.483. The summed E-state index contributed by atoms with van der Waals surface area (Å²) in [5.41, 5.74) is 5.78. The molecule has 0 radical (unpaired) electrons. The highest BCUT2D eigenvalue weighted by Gasteiger charge is 2.30. The Labute approximate surface area is 120 Å². The van der Waals surface area contributed by atoms with Crippen LogP contribution in [0.15, 0.2) is 0 Å². The Kier molecular flexibility index (Phi) is 6.58. The van der Waals surface area contributed by atoms with Crippen LogP contribution in [0.4, 0.5) is 0 Å². The number of hydrogen-bond acceptors (Lipinski definition) is 3. The molecule has 0 aromatic rings. The van der Waals surface area contributed by atoms with Crippen molar-refractivity contribution in [2.75, 3.05) is 6.54 Å². The van der Waals surface area contributed by atoms with Crippen LogP contribution in [0, 0.1) is 5.92 Å². The van der Waals surface area contributed by atoms with E-state index in [-0.39, 0.29) is 36.3 Å². The van der Waals surface area contributed by atoms with Crippen molar-refractivity contribution in [3.05, 3.63) is 0 Å². The van der Waals surface area contributed by atoms with E-state index >= 15 is 0 Å². The van der Waals surface area contributed by atoms with Gasteiger partial charge in [0.2, 0.25) is 11.8 Å². The van der Waals surface area contributed by atoms with Crippen LogP contribution >= 0.6 is 12.4 Å². The molecule has 1 unspecified atom stereocenters. The van der Waals surface area contributed by atoms with Gasteiger partial charge in [-0.15, -0.1) is 12.4 Å². The summed E-state index contributed by atoms with van der Waals surface area (Å²) < 4.78 is 0. The normalized spacial score (nSPS) is 25.3. The molecular weight excluding hydrogens is 266 g/mol. The lowest BCUT2D eigenvalue weighted by molar-refractivity contribution is -0.126. The quantitative estimate of drug-likeness (QED) is 0.713. The lowest BCUT2D eigenvalue weighted by Gasteiger charge is -2.30. The van der Waals surface area contributed by atoms with Crippen molar-refractivity contribution < 1.29 is 9.59 Å². The van der Waals surface area contributed by atoms with Crippen molar-refractivity contribution in [1.82, 2.24) is 10.6 Å². The van der Waals surface area contributed by atoms with Crippen LogP contribution in [0.5, 0.6) is 0 Å². The van der Waals surface area contributed by atoms with Gasteiger partial charge in [-0.3, -0.25) is 9.59 Å². The zero-order chi connectivity index (χ0) is 13.0. The lowest BCUT2D eigenvalue weighted by atomic mass is 9.84. The van der Waals surface area contributed by atoms with Gasteiger partial charge < -0.3 is 16.4 Å². The molecule has 0 aromatic carbocycles. The van der Waals surface area contributed by atoms with E-state index in [0.29, 0.717) is 25.3 Å². The van der Waals surface area contributed by atoms with E-state index in [1.807, 2.05) is 0 Å². The van der Waals surface area contributed by atoms with Crippen LogP contribution < -0.4 is 16.4 Å². The highest BCUT2D eigenvalue weighted by Crippen LogP contribution is 2.26. The highest BCUT2D eigenvalue weighted by molar-refractivity contribution is 5.90. The first-order valence-electron chi connectivity index (χ1n) is 7.00. The smallest absolute Gasteiger partial charge is 0.242 e. The van der Waals surface area contributed by atoms with E-state index in [1.165, 1.54) is 19.3 Å². The number of halogens is 1. The molecule has 6 heteroatoms. The van der Waals surface area contributed by atoms with Gasteiger partial charge in [-0.05, 0) is 25.2 Å². The van der Waals surface area contributed by atoms with Gasteiger partial charge >= 0.3 is 0 Å². The topological polar surface area (TPSA) is 84.2 Å². The predicted molar refractivity (Wildman–Crippen MR) is 76.0 cm³/mol. The minimum absolute atomic E-state index is 0. The molecule has 2 rings (SSSR count). The molecule has 2 atom stereocenters. The fourth-order valence-electron chi connectivity index (χ4n) is 3.00. The molecule has 4 N–H and O–H groups in total. The zero-order valence-electron chi connectivity index (χ0n) is 11.2. The van der Waals surface area contributed by atoms with Gasteiger partial charge in [-0.1, -0.05) is 19.3 Å². The molecule has 0 aromatic heterocycles. The van der Waals surface area contributed by atoms with Crippen molar-refractivity contribution in [3.63, 3.8) is 0 Å². The van der Waals surface area contributed by atoms with E-state index in [0.717, 1.165) is 12.8 Å². The van der Waals surface area contributed by atoms with E-state index in [9.17, 15) is 9.59 Å². The molecule has 1 aliphatic carbocycles. The third-order valence-electron chi connectivity index (χ3n) is 4.11. The molecule has 2 aliphatic rings. The molecular formula is C13H24ClN3O2. The van der Waals surface area contributed by atoms with E-state index in [2.05, 4.69) is 10.6 Å². The third kappa shape index (κ3) is 4.35. The summed E-state index contributed by atoms with van der Waals surface area (Å²) in [7, 11) is 0. The Morgan fingerprint density at radius 1 is 1.32 bits per heavy atom. The van der Waals surface area contributed by atoms with Crippen LogP contribution in [0.25, 0.3) is 0 Å². The van der Waals surface area contributed by atoms with E-state index in [4.69, 9.17) is 5.73 Å². The van der Waals surface area contributed by atoms with Gasteiger partial charge in [0.05, 0.1) is 0 Å². The number of carbonyl (C=O) groups excluding carboxylic acids is 2. The molecule has 2 amide bonds. The molecule has 110 valence electrons. The number of rotatable bonds is 4. The third-order valence-corrected chi connectivity index (χ3v) is 4.11. The average molecular weight is 290 g/mol. The van der Waals surface area contributed by atoms with Crippen LogP contribution in [0.3, 0.4) is 0 Å². The number of hydrogen-bond donors (Lipinski definition) is 3. The van der Waals surface area contributed by atoms with E-state index in [1.54, 1.807) is 0 Å². The number of carbonyl (C=O) groups is 2. The van der Waals surface area contributed by atoms with Crippen LogP contribution in [0.1, 0.15) is 44.9 Å². The molecule has 1 aliphatic heterocycles. The Balaban J connectivity index is 0.00000180. The molecule has 5 nitrogen and oxygen atoms in total. The first-order valence-corrected chi connectivity index (χ1v) is 7.00. The fraction of sp³-hybridized carbons (Fsp3) is 0.846. The second-order valence-corrected chi connectivity index (χ2v) is 5.41. The number of nitrogens with one attached hydrogen (secondary N) is 2. The van der Waals surface area contributed by atoms with Gasteiger partial charge in [-0.2, -0.15) is 0 Å². The van der Waals surface area contributed by atoms with Crippen molar-refractivity contribution in [3.8, 4) is 0 Å². The molecule has 1 saturated heterocycles.